The van der Waals surface area contributed by atoms with Gasteiger partial charge in [0.2, 0.25) is 0 Å². The first-order valence-corrected chi connectivity index (χ1v) is 20.5. The van der Waals surface area contributed by atoms with Crippen LogP contribution in [-0.2, 0) is 32.9 Å². The van der Waals surface area contributed by atoms with Crippen molar-refractivity contribution >= 4 is 76.5 Å². The smallest absolute Gasteiger partial charge is 0.135 e. The van der Waals surface area contributed by atoms with Crippen molar-refractivity contribution in [2.45, 2.75) is 53.3 Å². The minimum Gasteiger partial charge on any atom is -0.509 e. The van der Waals surface area contributed by atoms with Crippen LogP contribution in [-0.4, -0.2) is 14.1 Å². The van der Waals surface area contributed by atoms with Crippen LogP contribution >= 0.6 is 0 Å². The molecule has 5 nitrogen and oxygen atoms in total. The maximum Gasteiger partial charge on any atom is 0.135 e. The van der Waals surface area contributed by atoms with Crippen molar-refractivity contribution in [1.82, 2.24) is 14.1 Å². The minimum absolute atomic E-state index is 0. The summed E-state index contributed by atoms with van der Waals surface area (Å²) in [6.07, 6.45) is -0.190. The van der Waals surface area contributed by atoms with Crippen molar-refractivity contribution in [2.24, 2.45) is 0 Å². The van der Waals surface area contributed by atoms with E-state index in [9.17, 15) is 0 Å². The number of aryl methyl sites for hydroxylation is 3. The second-order valence-corrected chi connectivity index (χ2v) is 16.9. The van der Waals surface area contributed by atoms with Crippen molar-refractivity contribution in [3.8, 4) is 17.3 Å². The van der Waals surface area contributed by atoms with Gasteiger partial charge in [-0.25, -0.2) is 4.98 Å². The second kappa shape index (κ2) is 15.1. The Kier molecular flexibility index (Phi) is 8.07. The van der Waals surface area contributed by atoms with Gasteiger partial charge in [-0.15, -0.1) is 41.3 Å². The molecule has 0 spiro atoms. The Morgan fingerprint density at radius 1 is 0.710 bits per heavy atom. The van der Waals surface area contributed by atoms with E-state index in [0.29, 0.717) is 33.4 Å². The summed E-state index contributed by atoms with van der Waals surface area (Å²) in [4.78, 5) is 6.79. The molecule has 0 radical (unpaired) electrons. The van der Waals surface area contributed by atoms with E-state index < -0.39 is 6.37 Å². The van der Waals surface area contributed by atoms with Gasteiger partial charge in [-0.1, -0.05) is 146 Å². The molecule has 10 aromatic rings. The number of hydrogen-bond donors (Lipinski definition) is 0. The number of para-hydroxylation sites is 3. The van der Waals surface area contributed by atoms with Crippen LogP contribution in [0.15, 0.2) is 146 Å². The molecule has 4 heterocycles. The standard InChI is InChI=1S/C56H45N4O.Pt/c1-7-37-26-27-57-53(29-37)60-50-20-11-10-17-45(50)46-25-23-40(33-52(46)60)61-41-31-38(56(4,5)6)30-39(32-41)58-34-59-54-36(3)14-12-18-48(54)49-28-35(2)22-24-44(49)42-15-8-9-16-43(42)47-19-13-21-51(58)55(47)59;/h8-31,34H,7H2,1-6H3;/q-3;/i7D2,10D,11D,17D,20D;. The van der Waals surface area contributed by atoms with Crippen molar-refractivity contribution in [2.75, 3.05) is 4.90 Å². The van der Waals surface area contributed by atoms with Gasteiger partial charge in [0.25, 0.3) is 0 Å². The van der Waals surface area contributed by atoms with E-state index in [4.69, 9.17) is 13.0 Å². The Labute approximate surface area is 385 Å². The molecule has 308 valence electrons. The normalized spacial score (nSPS) is 14.0. The van der Waals surface area contributed by atoms with Crippen LogP contribution in [0.25, 0.3) is 71.0 Å². The maximum atomic E-state index is 9.03. The number of fused-ring (bicyclic) bond motifs is 10. The number of aromatic nitrogens is 3. The first-order valence-electron chi connectivity index (χ1n) is 23.5. The number of benzene rings is 7. The van der Waals surface area contributed by atoms with Gasteiger partial charge in [-0.2, -0.15) is 6.07 Å². The fourth-order valence-electron chi connectivity index (χ4n) is 8.93. The molecule has 0 unspecified atom stereocenters. The van der Waals surface area contributed by atoms with Crippen LogP contribution < -0.4 is 9.64 Å². The average molecular weight is 991 g/mol. The van der Waals surface area contributed by atoms with Crippen LogP contribution in [0, 0.1) is 32.6 Å². The van der Waals surface area contributed by atoms with Gasteiger partial charge in [0.15, 0.2) is 0 Å². The van der Waals surface area contributed by atoms with Crippen LogP contribution in [0.3, 0.4) is 0 Å². The van der Waals surface area contributed by atoms with Gasteiger partial charge >= 0.3 is 0 Å². The summed E-state index contributed by atoms with van der Waals surface area (Å²) >= 11 is 0. The van der Waals surface area contributed by atoms with Gasteiger partial charge in [-0.3, -0.25) is 0 Å². The molecule has 0 N–H and O–H groups in total. The Bertz CT molecular complexity index is 3830. The predicted molar refractivity (Wildman–Crippen MR) is 254 cm³/mol. The average Bonchev–Trinajstić information content (AvgIpc) is 3.87. The molecule has 11 rings (SSSR count). The largest absolute Gasteiger partial charge is 0.509 e. The molecule has 0 fully saturated rings. The third-order valence-electron chi connectivity index (χ3n) is 11.9. The van der Waals surface area contributed by atoms with Crippen molar-refractivity contribution in [3.63, 3.8) is 0 Å². The van der Waals surface area contributed by atoms with E-state index >= 15 is 0 Å². The fourth-order valence-corrected chi connectivity index (χ4v) is 8.93. The van der Waals surface area contributed by atoms with Crippen molar-refractivity contribution in [3.05, 3.63) is 187 Å². The Hall–Kier alpha value is -6.55. The summed E-state index contributed by atoms with van der Waals surface area (Å²) in [5.41, 5.74) is 7.94. The number of nitrogens with zero attached hydrogens (tertiary/aromatic N) is 4. The zero-order chi connectivity index (χ0) is 46.8. The van der Waals surface area contributed by atoms with Crippen LogP contribution in [0.4, 0.5) is 11.4 Å². The molecule has 0 saturated carbocycles. The van der Waals surface area contributed by atoms with Gasteiger partial charge < -0.3 is 18.8 Å². The van der Waals surface area contributed by atoms with Gasteiger partial charge in [0, 0.05) is 52.7 Å². The van der Waals surface area contributed by atoms with Gasteiger partial charge in [0.05, 0.1) is 5.48 Å². The molecule has 62 heavy (non-hydrogen) atoms. The molecule has 0 amide bonds. The van der Waals surface area contributed by atoms with E-state index in [1.807, 2.05) is 6.07 Å². The molecular weight excluding hydrogens is 940 g/mol. The van der Waals surface area contributed by atoms with Crippen LogP contribution in [0.5, 0.6) is 11.5 Å². The van der Waals surface area contributed by atoms with E-state index in [1.165, 1.54) is 29.5 Å². The molecule has 1 aliphatic heterocycles. The Morgan fingerprint density at radius 3 is 2.24 bits per heavy atom. The minimum atomic E-state index is -1.70. The molecule has 6 heteroatoms. The van der Waals surface area contributed by atoms with Crippen molar-refractivity contribution in [1.29, 1.82) is 0 Å². The number of pyridine rings is 1. The molecule has 0 bridgehead atoms. The Balaban J connectivity index is 0.00000539. The summed E-state index contributed by atoms with van der Waals surface area (Å²) in [5, 5.41) is 7.73. The number of rotatable bonds is 5. The summed E-state index contributed by atoms with van der Waals surface area (Å²) in [5.74, 6) is 1.06. The fraction of sp³-hybridized carbons (Fsp3) is 0.143. The molecule has 7 aromatic carbocycles. The van der Waals surface area contributed by atoms with E-state index in [2.05, 4.69) is 153 Å². The number of anilines is 2. The molecule has 0 saturated heterocycles. The zero-order valence-corrected chi connectivity index (χ0v) is 37.4. The SMILES string of the molecule is [2H]c1c([2H])c([2H])c2c(c1[2H])c1ccc(Oc3[c-]c(N4[CH-]n5c6c(C)cccc6c6cc(C)ccc6c6ccccc6c6cccc4c65)cc(C(C)(C)C)c3)[c-]c1n2-c1cc(C([2H])([2H])C)ccn1.[Pt]. The zero-order valence-electron chi connectivity index (χ0n) is 41.1. The second-order valence-electron chi connectivity index (χ2n) is 16.9. The van der Waals surface area contributed by atoms with Crippen LogP contribution in [0.1, 0.15) is 58.2 Å². The molecule has 1 aliphatic rings. The van der Waals surface area contributed by atoms with Crippen molar-refractivity contribution < 1.29 is 34.0 Å². The third-order valence-corrected chi connectivity index (χ3v) is 11.9. The molecule has 3 aromatic heterocycles. The molecular formula is C56H45N4OPt-3. The summed E-state index contributed by atoms with van der Waals surface area (Å²) < 4.78 is 62.7. The summed E-state index contributed by atoms with van der Waals surface area (Å²) in [6, 6.07) is 45.2. The molecule has 0 aliphatic carbocycles. The number of hydrogen-bond acceptors (Lipinski definition) is 3. The Morgan fingerprint density at radius 2 is 1.44 bits per heavy atom. The van der Waals surface area contributed by atoms with E-state index in [0.717, 1.165) is 55.1 Å². The summed E-state index contributed by atoms with van der Waals surface area (Å²) in [7, 11) is 0. The predicted octanol–water partition coefficient (Wildman–Crippen LogP) is 14.7. The summed E-state index contributed by atoms with van der Waals surface area (Å²) in [6.45, 7) is 14.4. The number of ether oxygens (including phenoxy) is 1. The quantitative estimate of drug-likeness (QED) is 0.161. The van der Waals surface area contributed by atoms with Gasteiger partial charge in [0.1, 0.15) is 5.82 Å². The van der Waals surface area contributed by atoms with E-state index in [-0.39, 0.29) is 62.0 Å². The van der Waals surface area contributed by atoms with Gasteiger partial charge in [-0.05, 0) is 105 Å². The topological polar surface area (TPSA) is 35.2 Å². The first kappa shape index (κ1) is 33.1. The first-order chi connectivity index (χ1) is 32.0. The van der Waals surface area contributed by atoms with Crippen LogP contribution in [0.2, 0.25) is 0 Å². The molecule has 0 atom stereocenters. The monoisotopic (exact) mass is 990 g/mol. The third kappa shape index (κ3) is 6.41. The maximum absolute atomic E-state index is 9.03. The van der Waals surface area contributed by atoms with E-state index in [1.54, 1.807) is 28.8 Å².